The van der Waals surface area contributed by atoms with Crippen molar-refractivity contribution in [3.8, 4) is 0 Å². The second-order valence-electron chi connectivity index (χ2n) is 7.98. The molecule has 0 aliphatic heterocycles. The molecule has 2 unspecified atom stereocenters. The quantitative estimate of drug-likeness (QED) is 0.291. The highest BCUT2D eigenvalue weighted by molar-refractivity contribution is 5.46. The average Bonchev–Trinajstić information content (AvgIpc) is 2.80. The summed E-state index contributed by atoms with van der Waals surface area (Å²) in [6.45, 7) is 1.84. The summed E-state index contributed by atoms with van der Waals surface area (Å²) in [7, 11) is 1.63. The zero-order valence-electron chi connectivity index (χ0n) is 18.9. The summed E-state index contributed by atoms with van der Waals surface area (Å²) in [6, 6.07) is 10.5. The molecule has 0 aromatic heterocycles. The first-order valence-corrected chi connectivity index (χ1v) is 10.8. The van der Waals surface area contributed by atoms with Gasteiger partial charge in [-0.3, -0.25) is 4.79 Å². The minimum atomic E-state index is -4.95. The lowest BCUT2D eigenvalue weighted by atomic mass is 9.90. The Balaban J connectivity index is 2.48. The molecule has 1 amide bonds. The minimum Gasteiger partial charge on any atom is -0.371 e. The van der Waals surface area contributed by atoms with E-state index < -0.39 is 35.1 Å². The number of carbonyl (C=O) groups is 1. The monoisotopic (exact) mass is 490 g/mol. The van der Waals surface area contributed by atoms with Crippen molar-refractivity contribution in [3.63, 3.8) is 0 Å². The van der Waals surface area contributed by atoms with E-state index in [9.17, 15) is 31.1 Å². The molecule has 4 nitrogen and oxygen atoms in total. The summed E-state index contributed by atoms with van der Waals surface area (Å²) in [5, 5.41) is 5.68. The Bertz CT molecular complexity index is 886. The Labute approximate surface area is 194 Å². The lowest BCUT2D eigenvalue weighted by Crippen LogP contribution is -2.51. The number of amides is 1. The van der Waals surface area contributed by atoms with Gasteiger partial charge in [-0.25, -0.2) is 0 Å². The molecule has 0 saturated carbocycles. The van der Waals surface area contributed by atoms with Gasteiger partial charge < -0.3 is 15.4 Å². The largest absolute Gasteiger partial charge is 0.416 e. The van der Waals surface area contributed by atoms with Crippen molar-refractivity contribution >= 4 is 6.41 Å². The van der Waals surface area contributed by atoms with E-state index in [0.29, 0.717) is 31.4 Å². The molecule has 10 heteroatoms. The third-order valence-corrected chi connectivity index (χ3v) is 5.62. The van der Waals surface area contributed by atoms with Crippen LogP contribution in [0, 0.1) is 0 Å². The predicted molar refractivity (Wildman–Crippen MR) is 116 cm³/mol. The number of alkyl halides is 6. The number of nitrogens with one attached hydrogen (secondary N) is 2. The maximum Gasteiger partial charge on any atom is 0.416 e. The van der Waals surface area contributed by atoms with Crippen molar-refractivity contribution in [3.05, 3.63) is 70.8 Å². The van der Waals surface area contributed by atoms with Crippen LogP contribution in [-0.4, -0.2) is 26.6 Å². The Kier molecular flexibility index (Phi) is 9.52. The van der Waals surface area contributed by atoms with Gasteiger partial charge in [0.15, 0.2) is 0 Å². The van der Waals surface area contributed by atoms with Crippen LogP contribution in [-0.2, 0) is 27.4 Å². The molecular formula is C24H28F6N2O2. The van der Waals surface area contributed by atoms with E-state index in [4.69, 9.17) is 4.74 Å². The summed E-state index contributed by atoms with van der Waals surface area (Å²) >= 11 is 0. The van der Waals surface area contributed by atoms with Gasteiger partial charge in [-0.1, -0.05) is 50.1 Å². The second-order valence-corrected chi connectivity index (χ2v) is 7.98. The number of carbonyl (C=O) groups excluding carboxylic acids is 1. The van der Waals surface area contributed by atoms with Crippen LogP contribution >= 0.6 is 0 Å². The van der Waals surface area contributed by atoms with Gasteiger partial charge in [0.25, 0.3) is 0 Å². The summed E-state index contributed by atoms with van der Waals surface area (Å²) in [5.74, 6) is 0. The highest BCUT2D eigenvalue weighted by Crippen LogP contribution is 2.39. The predicted octanol–water partition coefficient (Wildman–Crippen LogP) is 5.83. The Hall–Kier alpha value is -2.59. The Morgan fingerprint density at radius 1 is 0.941 bits per heavy atom. The number of likely N-dealkylation sites (N-methyl/N-ethyl adjacent to an activating group) is 1. The van der Waals surface area contributed by atoms with Crippen molar-refractivity contribution in [2.24, 2.45) is 0 Å². The molecule has 0 bridgehead atoms. The maximum absolute atomic E-state index is 13.4. The maximum atomic E-state index is 13.4. The lowest BCUT2D eigenvalue weighted by Gasteiger charge is -2.35. The molecule has 0 radical (unpaired) electrons. The first-order chi connectivity index (χ1) is 16.0. The molecular weight excluding hydrogens is 462 g/mol. The standard InChI is InChI=1S/C24H28F6N2O2/c1-3-4-10-21(17-11-19(23(25,26)27)13-20(12-17)24(28,29)30)34-15-22(31-2,14-32-16-33)18-8-6-5-7-9-18/h5-9,11-13,16,21,31H,3-4,10,14-15H2,1-2H3,(H,32,33). The molecule has 0 fully saturated rings. The Morgan fingerprint density at radius 3 is 2.00 bits per heavy atom. The number of hydrogen-bond donors (Lipinski definition) is 2. The van der Waals surface area contributed by atoms with E-state index in [-0.39, 0.29) is 31.2 Å². The lowest BCUT2D eigenvalue weighted by molar-refractivity contribution is -0.143. The van der Waals surface area contributed by atoms with Crippen LogP contribution < -0.4 is 10.6 Å². The van der Waals surface area contributed by atoms with Gasteiger partial charge in [-0.2, -0.15) is 26.3 Å². The van der Waals surface area contributed by atoms with Gasteiger partial charge in [-0.05, 0) is 42.8 Å². The van der Waals surface area contributed by atoms with Crippen LogP contribution in [0.4, 0.5) is 26.3 Å². The zero-order chi connectivity index (χ0) is 25.4. The molecule has 0 spiro atoms. The first-order valence-electron chi connectivity index (χ1n) is 10.8. The molecule has 2 N–H and O–H groups in total. The van der Waals surface area contributed by atoms with Gasteiger partial charge in [0.1, 0.15) is 0 Å². The molecule has 0 saturated heterocycles. The van der Waals surface area contributed by atoms with E-state index in [1.807, 2.05) is 6.92 Å². The molecule has 0 heterocycles. The van der Waals surface area contributed by atoms with Crippen molar-refractivity contribution in [2.75, 3.05) is 20.2 Å². The molecule has 0 aliphatic rings. The van der Waals surface area contributed by atoms with Crippen LogP contribution in [0.25, 0.3) is 0 Å². The summed E-state index contributed by atoms with van der Waals surface area (Å²) < 4.78 is 86.3. The molecule has 2 atom stereocenters. The number of rotatable bonds is 12. The van der Waals surface area contributed by atoms with E-state index >= 15 is 0 Å². The smallest absolute Gasteiger partial charge is 0.371 e. The SMILES string of the molecule is CCCCC(OCC(CNC=O)(NC)c1ccccc1)c1cc(C(F)(F)F)cc(C(F)(F)F)c1. The molecule has 2 rings (SSSR count). The van der Waals surface area contributed by atoms with E-state index in [1.54, 1.807) is 37.4 Å². The fraction of sp³-hybridized carbons (Fsp3) is 0.458. The topological polar surface area (TPSA) is 50.4 Å². The Morgan fingerprint density at radius 2 is 1.53 bits per heavy atom. The van der Waals surface area contributed by atoms with Crippen LogP contribution in [0.1, 0.15) is 54.5 Å². The van der Waals surface area contributed by atoms with Crippen molar-refractivity contribution in [1.29, 1.82) is 0 Å². The molecule has 2 aromatic rings. The van der Waals surface area contributed by atoms with Crippen LogP contribution in [0.15, 0.2) is 48.5 Å². The average molecular weight is 490 g/mol. The highest BCUT2D eigenvalue weighted by atomic mass is 19.4. The molecule has 188 valence electrons. The summed E-state index contributed by atoms with van der Waals surface area (Å²) in [5.41, 5.74) is -3.18. The fourth-order valence-corrected chi connectivity index (χ4v) is 3.66. The number of halogens is 6. The van der Waals surface area contributed by atoms with Crippen LogP contribution in [0.2, 0.25) is 0 Å². The first kappa shape index (κ1) is 27.7. The van der Waals surface area contributed by atoms with Crippen molar-refractivity contribution in [2.45, 2.75) is 50.2 Å². The number of ether oxygens (including phenoxy) is 1. The van der Waals surface area contributed by atoms with Gasteiger partial charge in [0, 0.05) is 6.54 Å². The third-order valence-electron chi connectivity index (χ3n) is 5.62. The van der Waals surface area contributed by atoms with Gasteiger partial charge in [-0.15, -0.1) is 0 Å². The van der Waals surface area contributed by atoms with Crippen molar-refractivity contribution in [1.82, 2.24) is 10.6 Å². The zero-order valence-corrected chi connectivity index (χ0v) is 18.9. The third kappa shape index (κ3) is 7.20. The number of benzene rings is 2. The van der Waals surface area contributed by atoms with Gasteiger partial charge in [0.2, 0.25) is 6.41 Å². The number of hydrogen-bond acceptors (Lipinski definition) is 3. The normalized spacial score (nSPS) is 14.9. The van der Waals surface area contributed by atoms with Crippen LogP contribution in [0.5, 0.6) is 0 Å². The van der Waals surface area contributed by atoms with E-state index in [0.717, 1.165) is 5.56 Å². The minimum absolute atomic E-state index is 0.0912. The summed E-state index contributed by atoms with van der Waals surface area (Å²) in [6.07, 6.45) is -8.97. The van der Waals surface area contributed by atoms with Crippen LogP contribution in [0.3, 0.4) is 0 Å². The van der Waals surface area contributed by atoms with E-state index in [1.165, 1.54) is 0 Å². The van der Waals surface area contributed by atoms with Gasteiger partial charge in [0.05, 0.1) is 29.4 Å². The fourth-order valence-electron chi connectivity index (χ4n) is 3.66. The van der Waals surface area contributed by atoms with E-state index in [2.05, 4.69) is 10.6 Å². The van der Waals surface area contributed by atoms with Crippen molar-refractivity contribution < 1.29 is 35.9 Å². The summed E-state index contributed by atoms with van der Waals surface area (Å²) in [4.78, 5) is 11.0. The second kappa shape index (κ2) is 11.7. The molecule has 2 aromatic carbocycles. The van der Waals surface area contributed by atoms with Gasteiger partial charge >= 0.3 is 12.4 Å². The highest BCUT2D eigenvalue weighted by Gasteiger charge is 2.38. The number of unbranched alkanes of at least 4 members (excludes halogenated alkanes) is 1. The molecule has 34 heavy (non-hydrogen) atoms. The molecule has 0 aliphatic carbocycles.